The summed E-state index contributed by atoms with van der Waals surface area (Å²) < 4.78 is 1.43. The third-order valence-electron chi connectivity index (χ3n) is 2.58. The summed E-state index contributed by atoms with van der Waals surface area (Å²) in [6.07, 6.45) is 0. The van der Waals surface area contributed by atoms with Crippen molar-refractivity contribution >= 4 is 28.3 Å². The zero-order chi connectivity index (χ0) is 10.4. The Bertz CT molecular complexity index is 261. The smallest absolute Gasteiger partial charge is 0.248 e. The molecule has 4 nitrogen and oxygen atoms in total. The summed E-state index contributed by atoms with van der Waals surface area (Å²) in [6, 6.07) is 0. The van der Waals surface area contributed by atoms with Gasteiger partial charge in [0, 0.05) is 13.8 Å². The molecule has 0 saturated heterocycles. The molecule has 0 bridgehead atoms. The number of hydrogen-bond acceptors (Lipinski definition) is 2. The molecule has 0 atom stereocenters. The summed E-state index contributed by atoms with van der Waals surface area (Å²) in [4.78, 5) is 0. The first kappa shape index (κ1) is 11.2. The second-order valence-electron chi connectivity index (χ2n) is 4.22. The van der Waals surface area contributed by atoms with Crippen molar-refractivity contribution in [3.63, 3.8) is 0 Å². The molecule has 0 aromatic rings. The summed E-state index contributed by atoms with van der Waals surface area (Å²) in [5.74, 6) is 0. The highest BCUT2D eigenvalue weighted by Crippen LogP contribution is 2.32. The topological polar surface area (TPSA) is 49.2 Å². The Morgan fingerprint density at radius 1 is 1.46 bits per heavy atom. The summed E-state index contributed by atoms with van der Waals surface area (Å²) in [5, 5.41) is 24.4. The third kappa shape index (κ3) is 1.37. The van der Waals surface area contributed by atoms with Gasteiger partial charge in [-0.2, -0.15) is 4.74 Å². The average molecular weight is 297 g/mol. The van der Waals surface area contributed by atoms with E-state index in [1.807, 2.05) is 0 Å². The van der Waals surface area contributed by atoms with E-state index in [4.69, 9.17) is 0 Å². The predicted octanol–water partition coefficient (Wildman–Crippen LogP) is 1.55. The normalized spacial score (nSPS) is 26.9. The Balaban J connectivity index is 3.23. The lowest BCUT2D eigenvalue weighted by atomic mass is 10.0. The monoisotopic (exact) mass is 297 g/mol. The molecule has 0 amide bonds. The molecule has 1 rings (SSSR count). The van der Waals surface area contributed by atoms with E-state index < -0.39 is 11.2 Å². The minimum Gasteiger partial charge on any atom is -0.622 e. The number of rotatable bonds is 1. The largest absolute Gasteiger partial charge is 0.622 e. The van der Waals surface area contributed by atoms with Gasteiger partial charge in [0.15, 0.2) is 5.71 Å². The Morgan fingerprint density at radius 3 is 2.08 bits per heavy atom. The van der Waals surface area contributed by atoms with Crippen LogP contribution in [0, 0.1) is 5.21 Å². The fraction of sp³-hybridized carbons (Fsp3) is 0.875. The van der Waals surface area contributed by atoms with Crippen molar-refractivity contribution in [3.8, 4) is 0 Å². The van der Waals surface area contributed by atoms with Crippen LogP contribution in [0.25, 0.3) is 0 Å². The van der Waals surface area contributed by atoms with Gasteiger partial charge in [-0.25, -0.2) is 0 Å². The van der Waals surface area contributed by atoms with Crippen LogP contribution in [0.5, 0.6) is 0 Å². The van der Waals surface area contributed by atoms with E-state index in [1.54, 1.807) is 27.7 Å². The van der Waals surface area contributed by atoms with E-state index in [0.29, 0.717) is 10.1 Å². The first-order valence-corrected chi connectivity index (χ1v) is 5.66. The number of hydroxylamine groups is 3. The summed E-state index contributed by atoms with van der Waals surface area (Å²) >= 11 is 2.11. The average Bonchev–Trinajstić information content (AvgIpc) is 2.12. The Kier molecular flexibility index (Phi) is 2.64. The molecule has 0 saturated carbocycles. The van der Waals surface area contributed by atoms with E-state index in [9.17, 15) is 10.4 Å². The van der Waals surface area contributed by atoms with Gasteiger partial charge in [-0.15, -0.1) is 5.21 Å². The molecule has 1 radical (unpaired) electrons. The van der Waals surface area contributed by atoms with E-state index in [0.717, 1.165) is 9.80 Å². The highest BCUT2D eigenvalue weighted by Gasteiger charge is 2.56. The zero-order valence-corrected chi connectivity index (χ0v) is 10.5. The molecule has 0 aromatic heterocycles. The second kappa shape index (κ2) is 3.06. The number of halogens is 1. The fourth-order valence-electron chi connectivity index (χ4n) is 1.68. The molecule has 0 unspecified atom stereocenters. The maximum Gasteiger partial charge on any atom is 0.248 e. The van der Waals surface area contributed by atoms with Gasteiger partial charge in [-0.3, -0.25) is 0 Å². The zero-order valence-electron chi connectivity index (χ0n) is 8.30. The maximum absolute atomic E-state index is 11.8. The molecule has 0 spiro atoms. The van der Waals surface area contributed by atoms with Crippen LogP contribution in [0.1, 0.15) is 27.7 Å². The van der Waals surface area contributed by atoms with Gasteiger partial charge in [0.2, 0.25) is 5.66 Å². The van der Waals surface area contributed by atoms with E-state index in [2.05, 4.69) is 22.6 Å². The van der Waals surface area contributed by atoms with Gasteiger partial charge in [0.25, 0.3) is 0 Å². The van der Waals surface area contributed by atoms with E-state index >= 15 is 0 Å². The Morgan fingerprint density at radius 2 is 1.92 bits per heavy atom. The van der Waals surface area contributed by atoms with Crippen molar-refractivity contribution in [2.45, 2.75) is 38.9 Å². The molecular formula is C8H14IN2O2. The minimum atomic E-state index is -0.968. The molecule has 75 valence electrons. The highest BCUT2D eigenvalue weighted by atomic mass is 127. The van der Waals surface area contributed by atoms with Crippen molar-refractivity contribution in [3.05, 3.63) is 5.21 Å². The standard InChI is InChI=1S/C8H14IN2O2/c1-7(2)6(5-9)10(12)8(3,4)11(7)13/h5H2,1-4H3. The van der Waals surface area contributed by atoms with Gasteiger partial charge in [0.1, 0.15) is 5.54 Å². The highest BCUT2D eigenvalue weighted by molar-refractivity contribution is 14.1. The lowest BCUT2D eigenvalue weighted by Crippen LogP contribution is -2.50. The SMILES string of the molecule is CC1(C)C(CI)=[N+]([O-])C(C)(C)N1[O]. The van der Waals surface area contributed by atoms with Crippen molar-refractivity contribution < 1.29 is 9.95 Å². The third-order valence-corrected chi connectivity index (χ3v) is 3.30. The number of hydrogen-bond donors (Lipinski definition) is 0. The van der Waals surface area contributed by atoms with Crippen LogP contribution < -0.4 is 0 Å². The van der Waals surface area contributed by atoms with Crippen molar-refractivity contribution in [1.29, 1.82) is 0 Å². The quantitative estimate of drug-likeness (QED) is 0.319. The lowest BCUT2D eigenvalue weighted by Gasteiger charge is -2.27. The predicted molar refractivity (Wildman–Crippen MR) is 58.2 cm³/mol. The molecule has 1 heterocycles. The number of alkyl halides is 1. The van der Waals surface area contributed by atoms with Crippen LogP contribution in [0.3, 0.4) is 0 Å². The van der Waals surface area contributed by atoms with Crippen molar-refractivity contribution in [2.24, 2.45) is 0 Å². The Labute approximate surface area is 91.9 Å². The van der Waals surface area contributed by atoms with E-state index in [1.165, 1.54) is 0 Å². The fourth-order valence-corrected chi connectivity index (χ4v) is 2.92. The molecular weight excluding hydrogens is 283 g/mol. The maximum atomic E-state index is 11.8. The van der Waals surface area contributed by atoms with Crippen LogP contribution in [0.15, 0.2) is 0 Å². The lowest BCUT2D eigenvalue weighted by molar-refractivity contribution is -0.587. The van der Waals surface area contributed by atoms with Gasteiger partial charge >= 0.3 is 0 Å². The van der Waals surface area contributed by atoms with Crippen LogP contribution in [0.2, 0.25) is 0 Å². The molecule has 13 heavy (non-hydrogen) atoms. The van der Waals surface area contributed by atoms with Gasteiger partial charge < -0.3 is 5.21 Å². The Hall–Kier alpha value is 0.120. The molecule has 0 fully saturated rings. The molecule has 0 N–H and O–H groups in total. The first-order chi connectivity index (χ1) is 5.76. The molecule has 1 aliphatic rings. The molecule has 0 aromatic carbocycles. The number of nitrogens with zero attached hydrogens (tertiary/aromatic N) is 2. The van der Waals surface area contributed by atoms with Crippen LogP contribution in [-0.4, -0.2) is 31.1 Å². The van der Waals surface area contributed by atoms with Crippen LogP contribution in [0.4, 0.5) is 0 Å². The van der Waals surface area contributed by atoms with Crippen molar-refractivity contribution in [2.75, 3.05) is 4.43 Å². The van der Waals surface area contributed by atoms with Crippen molar-refractivity contribution in [1.82, 2.24) is 5.06 Å². The van der Waals surface area contributed by atoms with Gasteiger partial charge in [-0.1, -0.05) is 27.7 Å². The summed E-state index contributed by atoms with van der Waals surface area (Å²) in [5.41, 5.74) is -0.996. The van der Waals surface area contributed by atoms with E-state index in [-0.39, 0.29) is 0 Å². The van der Waals surface area contributed by atoms with Gasteiger partial charge in [-0.05, 0) is 13.8 Å². The van der Waals surface area contributed by atoms with Crippen LogP contribution in [-0.2, 0) is 5.21 Å². The molecule has 0 aliphatic carbocycles. The van der Waals surface area contributed by atoms with Crippen LogP contribution >= 0.6 is 22.6 Å². The summed E-state index contributed by atoms with van der Waals surface area (Å²) in [6.45, 7) is 6.86. The van der Waals surface area contributed by atoms with Gasteiger partial charge in [0.05, 0.1) is 4.43 Å². The second-order valence-corrected chi connectivity index (χ2v) is 4.99. The summed E-state index contributed by atoms with van der Waals surface area (Å²) in [7, 11) is 0. The molecule has 5 heteroatoms. The first-order valence-electron chi connectivity index (χ1n) is 4.13. The molecule has 1 aliphatic heterocycles. The minimum absolute atomic E-state index is 0.594.